The van der Waals surface area contributed by atoms with Crippen molar-refractivity contribution in [3.63, 3.8) is 0 Å². The van der Waals surface area contributed by atoms with Crippen LogP contribution in [0.5, 0.6) is 0 Å². The van der Waals surface area contributed by atoms with E-state index in [9.17, 15) is 9.18 Å². The van der Waals surface area contributed by atoms with Crippen molar-refractivity contribution in [2.45, 2.75) is 12.3 Å². The van der Waals surface area contributed by atoms with E-state index < -0.39 is 0 Å². The molecule has 0 saturated carbocycles. The van der Waals surface area contributed by atoms with Gasteiger partial charge in [-0.25, -0.2) is 14.4 Å². The number of amides is 1. The molecular weight excluding hydrogens is 367 g/mol. The molecule has 0 unspecified atom stereocenters. The Labute approximate surface area is 169 Å². The normalized spacial score (nSPS) is 15.2. The molecule has 0 spiro atoms. The van der Waals surface area contributed by atoms with Crippen LogP contribution in [0.15, 0.2) is 73.1 Å². The van der Waals surface area contributed by atoms with E-state index in [0.29, 0.717) is 37.7 Å². The number of rotatable bonds is 5. The molecule has 1 atom stereocenters. The number of aromatic nitrogens is 2. The highest BCUT2D eigenvalue weighted by Gasteiger charge is 2.27. The molecule has 29 heavy (non-hydrogen) atoms. The first-order valence-corrected chi connectivity index (χ1v) is 9.81. The molecule has 2 aromatic carbocycles. The second-order valence-electron chi connectivity index (χ2n) is 7.11. The lowest BCUT2D eigenvalue weighted by Crippen LogP contribution is -2.49. The van der Waals surface area contributed by atoms with E-state index in [1.54, 1.807) is 30.6 Å². The third-order valence-electron chi connectivity index (χ3n) is 5.33. The Morgan fingerprint density at radius 3 is 2.24 bits per heavy atom. The Morgan fingerprint density at radius 2 is 1.55 bits per heavy atom. The Morgan fingerprint density at radius 1 is 0.897 bits per heavy atom. The van der Waals surface area contributed by atoms with Crippen LogP contribution in [0.25, 0.3) is 0 Å². The van der Waals surface area contributed by atoms with Crippen LogP contribution in [0.1, 0.15) is 23.5 Å². The SMILES string of the molecule is O=C(C[C@H](c1ccccc1)c1ccccc1F)N1CCN(c2ncccn2)CC1. The monoisotopic (exact) mass is 390 g/mol. The molecule has 5 nitrogen and oxygen atoms in total. The van der Waals surface area contributed by atoms with Crippen molar-refractivity contribution in [3.8, 4) is 0 Å². The van der Waals surface area contributed by atoms with E-state index in [-0.39, 0.29) is 24.1 Å². The number of piperazine rings is 1. The maximum atomic E-state index is 14.5. The van der Waals surface area contributed by atoms with Crippen LogP contribution >= 0.6 is 0 Å². The van der Waals surface area contributed by atoms with Gasteiger partial charge in [0.15, 0.2) is 0 Å². The first kappa shape index (κ1) is 19.1. The molecule has 0 N–H and O–H groups in total. The van der Waals surface area contributed by atoms with E-state index in [1.165, 1.54) is 6.07 Å². The zero-order valence-electron chi connectivity index (χ0n) is 16.1. The fraction of sp³-hybridized carbons (Fsp3) is 0.261. The summed E-state index contributed by atoms with van der Waals surface area (Å²) in [5.41, 5.74) is 1.51. The minimum Gasteiger partial charge on any atom is -0.339 e. The summed E-state index contributed by atoms with van der Waals surface area (Å²) in [5.74, 6) is 0.143. The van der Waals surface area contributed by atoms with Crippen LogP contribution in [0.2, 0.25) is 0 Å². The Bertz CT molecular complexity index is 943. The van der Waals surface area contributed by atoms with Crippen LogP contribution < -0.4 is 4.90 Å². The maximum absolute atomic E-state index is 14.5. The van der Waals surface area contributed by atoms with Crippen molar-refractivity contribution in [1.29, 1.82) is 0 Å². The van der Waals surface area contributed by atoms with Gasteiger partial charge in [-0.1, -0.05) is 48.5 Å². The van der Waals surface area contributed by atoms with Gasteiger partial charge in [0.1, 0.15) is 5.82 Å². The average molecular weight is 390 g/mol. The Hall–Kier alpha value is -3.28. The number of benzene rings is 2. The molecule has 148 valence electrons. The second kappa shape index (κ2) is 8.82. The van der Waals surface area contributed by atoms with Crippen molar-refractivity contribution in [2.24, 2.45) is 0 Å². The first-order valence-electron chi connectivity index (χ1n) is 9.81. The summed E-state index contributed by atoms with van der Waals surface area (Å²) < 4.78 is 14.5. The number of nitrogens with zero attached hydrogens (tertiary/aromatic N) is 4. The number of carbonyl (C=O) groups is 1. The fourth-order valence-electron chi connectivity index (χ4n) is 3.76. The number of anilines is 1. The van der Waals surface area contributed by atoms with Crippen molar-refractivity contribution >= 4 is 11.9 Å². The molecule has 3 aromatic rings. The van der Waals surface area contributed by atoms with Gasteiger partial charge in [-0.2, -0.15) is 0 Å². The molecule has 2 heterocycles. The van der Waals surface area contributed by atoms with Crippen LogP contribution in [-0.4, -0.2) is 47.0 Å². The van der Waals surface area contributed by atoms with Gasteiger partial charge in [-0.3, -0.25) is 4.79 Å². The van der Waals surface area contributed by atoms with Crippen LogP contribution in [-0.2, 0) is 4.79 Å². The van der Waals surface area contributed by atoms with Gasteiger partial charge in [-0.15, -0.1) is 0 Å². The molecule has 1 amide bonds. The fourth-order valence-corrected chi connectivity index (χ4v) is 3.76. The highest BCUT2D eigenvalue weighted by Crippen LogP contribution is 2.30. The lowest BCUT2D eigenvalue weighted by Gasteiger charge is -2.35. The van der Waals surface area contributed by atoms with E-state index in [0.717, 1.165) is 5.56 Å². The highest BCUT2D eigenvalue weighted by molar-refractivity contribution is 5.78. The van der Waals surface area contributed by atoms with Gasteiger partial charge in [0.25, 0.3) is 0 Å². The third-order valence-corrected chi connectivity index (χ3v) is 5.33. The number of hydrogen-bond acceptors (Lipinski definition) is 4. The molecule has 0 aliphatic carbocycles. The summed E-state index contributed by atoms with van der Waals surface area (Å²) in [4.78, 5) is 25.6. The van der Waals surface area contributed by atoms with Gasteiger partial charge in [0.05, 0.1) is 0 Å². The van der Waals surface area contributed by atoms with Crippen molar-refractivity contribution in [2.75, 3.05) is 31.1 Å². The summed E-state index contributed by atoms with van der Waals surface area (Å²) >= 11 is 0. The molecular formula is C23H23FN4O. The minimum atomic E-state index is -0.305. The van der Waals surface area contributed by atoms with E-state index >= 15 is 0 Å². The minimum absolute atomic E-state index is 0.0377. The predicted octanol–water partition coefficient (Wildman–Crippen LogP) is 3.49. The van der Waals surface area contributed by atoms with E-state index in [4.69, 9.17) is 0 Å². The summed E-state index contributed by atoms with van der Waals surface area (Å²) in [6.07, 6.45) is 3.68. The van der Waals surface area contributed by atoms with E-state index in [1.807, 2.05) is 41.3 Å². The number of halogens is 1. The first-order chi connectivity index (χ1) is 14.2. The third kappa shape index (κ3) is 4.42. The Balaban J connectivity index is 1.47. The molecule has 1 aromatic heterocycles. The summed E-state index contributed by atoms with van der Waals surface area (Å²) in [7, 11) is 0. The number of carbonyl (C=O) groups excluding carboxylic acids is 1. The summed E-state index contributed by atoms with van der Waals surface area (Å²) in [6, 6.07) is 18.2. The summed E-state index contributed by atoms with van der Waals surface area (Å²) in [6.45, 7) is 2.59. The van der Waals surface area contributed by atoms with Crippen LogP contribution in [0.4, 0.5) is 10.3 Å². The van der Waals surface area contributed by atoms with Gasteiger partial charge in [0, 0.05) is 50.9 Å². The smallest absolute Gasteiger partial charge is 0.225 e. The highest BCUT2D eigenvalue weighted by atomic mass is 19.1. The Kier molecular flexibility index (Phi) is 5.79. The summed E-state index contributed by atoms with van der Waals surface area (Å²) in [5, 5.41) is 0. The quantitative estimate of drug-likeness (QED) is 0.669. The van der Waals surface area contributed by atoms with Crippen molar-refractivity contribution < 1.29 is 9.18 Å². The maximum Gasteiger partial charge on any atom is 0.225 e. The standard InChI is InChI=1S/C23H23FN4O/c24-21-10-5-4-9-19(21)20(18-7-2-1-3-8-18)17-22(29)27-13-15-28(16-14-27)23-25-11-6-12-26-23/h1-12,20H,13-17H2/t20-/m1/s1. The lowest BCUT2D eigenvalue weighted by atomic mass is 9.87. The van der Waals surface area contributed by atoms with Gasteiger partial charge >= 0.3 is 0 Å². The van der Waals surface area contributed by atoms with Gasteiger partial charge < -0.3 is 9.80 Å². The molecule has 1 aliphatic rings. The molecule has 4 rings (SSSR count). The zero-order valence-corrected chi connectivity index (χ0v) is 16.1. The predicted molar refractivity (Wildman–Crippen MR) is 110 cm³/mol. The van der Waals surface area contributed by atoms with E-state index in [2.05, 4.69) is 14.9 Å². The van der Waals surface area contributed by atoms with Crippen LogP contribution in [0.3, 0.4) is 0 Å². The molecule has 6 heteroatoms. The molecule has 1 saturated heterocycles. The zero-order chi connectivity index (χ0) is 20.1. The topological polar surface area (TPSA) is 49.3 Å². The van der Waals surface area contributed by atoms with Crippen LogP contribution in [0, 0.1) is 5.82 Å². The molecule has 1 aliphatic heterocycles. The number of hydrogen-bond donors (Lipinski definition) is 0. The largest absolute Gasteiger partial charge is 0.339 e. The molecule has 0 radical (unpaired) electrons. The van der Waals surface area contributed by atoms with Gasteiger partial charge in [-0.05, 0) is 23.3 Å². The molecule has 0 bridgehead atoms. The van der Waals surface area contributed by atoms with Gasteiger partial charge in [0.2, 0.25) is 11.9 Å². The lowest BCUT2D eigenvalue weighted by molar-refractivity contribution is -0.131. The average Bonchev–Trinajstić information content (AvgIpc) is 2.79. The second-order valence-corrected chi connectivity index (χ2v) is 7.11. The van der Waals surface area contributed by atoms with Crippen molar-refractivity contribution in [1.82, 2.24) is 14.9 Å². The molecule has 1 fully saturated rings. The van der Waals surface area contributed by atoms with Crippen molar-refractivity contribution in [3.05, 3.63) is 90.0 Å².